The number of likely N-dealkylation sites (N-methyl/N-ethyl adjacent to an activating group) is 1. The van der Waals surface area contributed by atoms with E-state index in [9.17, 15) is 28.4 Å². The zero-order chi connectivity index (χ0) is 47.3. The molecule has 2 heterocycles. The summed E-state index contributed by atoms with van der Waals surface area (Å²) < 4.78 is 31.5. The van der Waals surface area contributed by atoms with Crippen LogP contribution in [0.25, 0.3) is 11.6 Å². The smallest absolute Gasteiger partial charge is 0.409 e. The molecule has 0 saturated carbocycles. The van der Waals surface area contributed by atoms with Gasteiger partial charge in [0.25, 0.3) is 11.8 Å². The van der Waals surface area contributed by atoms with Crippen molar-refractivity contribution in [1.82, 2.24) is 31.2 Å². The van der Waals surface area contributed by atoms with Gasteiger partial charge in [0.15, 0.2) is 0 Å². The molecule has 3 atom stereocenters. The number of benzene rings is 1. The molecule has 2 aliphatic carbocycles. The summed E-state index contributed by atoms with van der Waals surface area (Å²) in [7, 11) is 0. The van der Waals surface area contributed by atoms with Crippen molar-refractivity contribution in [3.05, 3.63) is 92.6 Å². The average molecular weight is 901 g/mol. The lowest BCUT2D eigenvalue weighted by Gasteiger charge is -2.22. The molecule has 354 valence electrons. The van der Waals surface area contributed by atoms with Gasteiger partial charge in [-0.15, -0.1) is 0 Å². The predicted molar refractivity (Wildman–Crippen MR) is 250 cm³/mol. The van der Waals surface area contributed by atoms with E-state index in [1.54, 1.807) is 19.9 Å². The fraction of sp³-hybridized carbons (Fsp3) is 0.540. The highest BCUT2D eigenvalue weighted by Crippen LogP contribution is 2.44. The van der Waals surface area contributed by atoms with E-state index in [1.165, 1.54) is 17.1 Å². The number of rotatable bonds is 22. The van der Waals surface area contributed by atoms with E-state index in [0.717, 1.165) is 36.0 Å². The summed E-state index contributed by atoms with van der Waals surface area (Å²) in [6.45, 7) is 17.8. The number of hydrogen-bond donors (Lipinski definition) is 5. The van der Waals surface area contributed by atoms with Gasteiger partial charge in [0.05, 0.1) is 29.9 Å². The Morgan fingerprint density at radius 3 is 2.51 bits per heavy atom. The largest absolute Gasteiger partial charge is 0.449 e. The van der Waals surface area contributed by atoms with Crippen LogP contribution in [-0.4, -0.2) is 110 Å². The Kier molecular flexibility index (Phi) is 18.3. The van der Waals surface area contributed by atoms with Gasteiger partial charge in [0, 0.05) is 74.2 Å². The highest BCUT2D eigenvalue weighted by atomic mass is 19.1. The van der Waals surface area contributed by atoms with Crippen molar-refractivity contribution in [2.45, 2.75) is 124 Å². The van der Waals surface area contributed by atoms with E-state index in [0.29, 0.717) is 78.3 Å². The van der Waals surface area contributed by atoms with E-state index < -0.39 is 6.09 Å². The van der Waals surface area contributed by atoms with Crippen LogP contribution < -0.4 is 21.3 Å². The molecule has 2 aromatic rings. The molecule has 3 aliphatic rings. The Bertz CT molecular complexity index is 2180. The molecule has 0 spiro atoms. The van der Waals surface area contributed by atoms with Crippen molar-refractivity contribution in [1.29, 1.82) is 0 Å². The van der Waals surface area contributed by atoms with E-state index in [-0.39, 0.29) is 92.3 Å². The number of hydrogen-bond acceptors (Lipinski definition) is 8. The summed E-state index contributed by atoms with van der Waals surface area (Å²) in [4.78, 5) is 70.5. The van der Waals surface area contributed by atoms with Gasteiger partial charge in [-0.05, 0) is 127 Å². The van der Waals surface area contributed by atoms with Crippen LogP contribution in [0, 0.1) is 13.8 Å². The maximum absolute atomic E-state index is 14.1. The predicted octanol–water partition coefficient (Wildman–Crippen LogP) is 7.25. The molecule has 65 heavy (non-hydrogen) atoms. The quantitative estimate of drug-likeness (QED) is 0.0606. The third-order valence-corrected chi connectivity index (χ3v) is 11.9. The third kappa shape index (κ3) is 14.0. The lowest BCUT2D eigenvalue weighted by Crippen LogP contribution is -2.39. The zero-order valence-electron chi connectivity index (χ0n) is 39.5. The van der Waals surface area contributed by atoms with Crippen molar-refractivity contribution in [3.8, 4) is 0 Å². The molecule has 15 heteroatoms. The van der Waals surface area contributed by atoms with Crippen molar-refractivity contribution < 1.29 is 42.6 Å². The molecule has 1 fully saturated rings. The van der Waals surface area contributed by atoms with Gasteiger partial charge in [-0.3, -0.25) is 19.2 Å². The van der Waals surface area contributed by atoms with Gasteiger partial charge in [-0.25, -0.2) is 9.18 Å². The van der Waals surface area contributed by atoms with Gasteiger partial charge >= 0.3 is 6.09 Å². The van der Waals surface area contributed by atoms with Gasteiger partial charge in [-0.2, -0.15) is 0 Å². The highest BCUT2D eigenvalue weighted by molar-refractivity contribution is 6.07. The number of unbranched alkanes of at least 4 members (excludes halogenated alkanes) is 1. The Labute approximate surface area is 383 Å². The molecule has 5 amide bonds. The molecule has 0 radical (unpaired) electrons. The summed E-state index contributed by atoms with van der Waals surface area (Å²) in [6, 6.07) is 7.64. The number of aryl methyl sites for hydroxylation is 1. The molecule has 3 unspecified atom stereocenters. The second-order valence-corrected chi connectivity index (χ2v) is 17.9. The average Bonchev–Trinajstić information content (AvgIpc) is 3.88. The van der Waals surface area contributed by atoms with E-state index in [2.05, 4.69) is 33.2 Å². The Hall–Kier alpha value is -5.54. The molecule has 5 N–H and O–H groups in total. The molecule has 1 aromatic heterocycles. The van der Waals surface area contributed by atoms with Gasteiger partial charge in [0.1, 0.15) is 12.4 Å². The lowest BCUT2D eigenvalue weighted by molar-refractivity contribution is -0.123. The second kappa shape index (κ2) is 23.6. The van der Waals surface area contributed by atoms with Crippen LogP contribution in [0.1, 0.15) is 131 Å². The van der Waals surface area contributed by atoms with Crippen molar-refractivity contribution in [3.63, 3.8) is 0 Å². The number of aromatic nitrogens is 1. The van der Waals surface area contributed by atoms with Crippen LogP contribution in [-0.2, 0) is 28.6 Å². The van der Waals surface area contributed by atoms with Gasteiger partial charge in [0.2, 0.25) is 11.8 Å². The highest BCUT2D eigenvalue weighted by Gasteiger charge is 2.34. The summed E-state index contributed by atoms with van der Waals surface area (Å²) in [5.74, 6) is -1.48. The van der Waals surface area contributed by atoms with Crippen LogP contribution in [0.15, 0.2) is 59.0 Å². The van der Waals surface area contributed by atoms with E-state index in [1.807, 2.05) is 58.9 Å². The van der Waals surface area contributed by atoms with E-state index in [4.69, 9.17) is 14.2 Å². The lowest BCUT2D eigenvalue weighted by atomic mass is 9.95. The number of ether oxygens (including phenoxy) is 3. The van der Waals surface area contributed by atoms with Crippen LogP contribution in [0.2, 0.25) is 0 Å². The summed E-state index contributed by atoms with van der Waals surface area (Å²) in [5.41, 5.74) is 6.65. The second-order valence-electron chi connectivity index (χ2n) is 17.9. The first kappa shape index (κ1) is 50.5. The number of nitrogens with zero attached hydrogens (tertiary/aromatic N) is 1. The first-order valence-corrected chi connectivity index (χ1v) is 23.1. The van der Waals surface area contributed by atoms with Gasteiger partial charge in [-0.1, -0.05) is 37.6 Å². The molecule has 1 saturated heterocycles. The summed E-state index contributed by atoms with van der Waals surface area (Å²) >= 11 is 0. The SMILES string of the molecule is CCCC/C(C(=O)NCCNC(=O)CCOC(C)CCOC(C)(C)C)=C1\CC(COC(=O)N(CC)CCNC(=O)c2c(C)[nH]c(/C=C3\C(=O)NC4CC=C(F)C=C34)c2C)c2ccccc21. The molecule has 1 aliphatic heterocycles. The number of fused-ring (bicyclic) bond motifs is 2. The Morgan fingerprint density at radius 2 is 1.77 bits per heavy atom. The van der Waals surface area contributed by atoms with Gasteiger partial charge < -0.3 is 45.4 Å². The number of H-pyrrole nitrogens is 1. The fourth-order valence-electron chi connectivity index (χ4n) is 8.35. The normalized spacial score (nSPS) is 18.5. The number of carbonyl (C=O) groups excluding carboxylic acids is 5. The van der Waals surface area contributed by atoms with Crippen LogP contribution >= 0.6 is 0 Å². The van der Waals surface area contributed by atoms with Crippen molar-refractivity contribution in [2.24, 2.45) is 0 Å². The summed E-state index contributed by atoms with van der Waals surface area (Å²) in [5, 5.41) is 11.7. The number of nitrogens with one attached hydrogen (secondary N) is 5. The molecular weight excluding hydrogens is 832 g/mol. The molecular formula is C50H69FN6O8. The number of halogens is 1. The number of allylic oxidation sites excluding steroid dienone is 3. The first-order valence-electron chi connectivity index (χ1n) is 23.1. The minimum Gasteiger partial charge on any atom is -0.449 e. The maximum Gasteiger partial charge on any atom is 0.409 e. The zero-order valence-corrected chi connectivity index (χ0v) is 39.5. The number of carbonyl (C=O) groups is 5. The third-order valence-electron chi connectivity index (χ3n) is 11.9. The van der Waals surface area contributed by atoms with Crippen LogP contribution in [0.5, 0.6) is 0 Å². The Morgan fingerprint density at radius 1 is 1.02 bits per heavy atom. The first-order chi connectivity index (χ1) is 31.0. The standard InChI is InChI=1S/C50H69FN6O8/c1-9-11-14-38(46(59)53-22-21-52-44(58)20-25-63-31(3)19-26-65-50(6,7)8)39-27-34(36-15-12-13-16-37(36)39)30-64-49(62)57(10-2)24-23-54-48(61)45-32(4)43(55-33(45)5)29-41-40-28-35(51)17-18-42(40)56-47(41)60/h12-13,15-17,28-29,31,34,42,55H,9-11,14,18-27,30H2,1-8H3,(H,52,58)(H,53,59)(H,54,61)(H,56,60)/b39-38-,41-29-. The van der Waals surface area contributed by atoms with E-state index >= 15 is 0 Å². The molecule has 14 nitrogen and oxygen atoms in total. The van der Waals surface area contributed by atoms with Crippen LogP contribution in [0.4, 0.5) is 9.18 Å². The molecule has 0 bridgehead atoms. The molecule has 5 rings (SSSR count). The minimum atomic E-state index is -0.506. The fourth-order valence-corrected chi connectivity index (χ4v) is 8.35. The Balaban J connectivity index is 1.11. The van der Waals surface area contributed by atoms with Crippen LogP contribution in [0.3, 0.4) is 0 Å². The number of amides is 5. The molecule has 1 aromatic carbocycles. The minimum absolute atomic E-state index is 0.0258. The summed E-state index contributed by atoms with van der Waals surface area (Å²) in [6.07, 6.45) is 8.14. The topological polar surface area (TPSA) is 180 Å². The number of aromatic amines is 1. The van der Waals surface area contributed by atoms with Crippen molar-refractivity contribution in [2.75, 3.05) is 52.5 Å². The monoisotopic (exact) mass is 901 g/mol. The maximum atomic E-state index is 14.1. The van der Waals surface area contributed by atoms with Crippen molar-refractivity contribution >= 4 is 41.4 Å².